The van der Waals surface area contributed by atoms with Crippen LogP contribution in [0.25, 0.3) is 20.8 Å². The van der Waals surface area contributed by atoms with Crippen molar-refractivity contribution in [3.63, 3.8) is 0 Å². The van der Waals surface area contributed by atoms with Gasteiger partial charge in [-0.2, -0.15) is 6.42 Å². The number of pyridine rings is 2. The topological polar surface area (TPSA) is 41.9 Å². The van der Waals surface area contributed by atoms with Gasteiger partial charge in [0, 0.05) is 23.4 Å². The third kappa shape index (κ3) is 4.07. The van der Waals surface area contributed by atoms with Gasteiger partial charge in [-0.25, -0.2) is 9.97 Å². The molecule has 29 heavy (non-hydrogen) atoms. The average Bonchev–Trinajstić information content (AvgIpc) is 3.37. The van der Waals surface area contributed by atoms with Crippen molar-refractivity contribution < 1.29 is 0 Å². The third-order valence-electron chi connectivity index (χ3n) is 6.09. The molecule has 3 aromatic rings. The molecule has 4 nitrogen and oxygen atoms in total. The van der Waals surface area contributed by atoms with E-state index in [1.807, 2.05) is 12.4 Å². The molecule has 0 spiro atoms. The molecule has 2 aliphatic rings. The van der Waals surface area contributed by atoms with E-state index in [1.165, 1.54) is 55.3 Å². The SMILES string of the molecule is [Rf].c1cc(N2C[CH-]CC2)ncc1-c1nc2cnc(C3CCCCCCC3)cc2s1. The number of thiazole rings is 1. The maximum Gasteiger partial charge on any atom is 0.126 e. The number of rotatable bonds is 3. The number of hydrogen-bond acceptors (Lipinski definition) is 5. The summed E-state index contributed by atoms with van der Waals surface area (Å²) in [6, 6.07) is 6.57. The van der Waals surface area contributed by atoms with Crippen molar-refractivity contribution in [2.24, 2.45) is 0 Å². The number of anilines is 1. The maximum absolute atomic E-state index is 4.83. The second-order valence-electron chi connectivity index (χ2n) is 8.07. The minimum atomic E-state index is 0. The fourth-order valence-corrected chi connectivity index (χ4v) is 5.41. The molecule has 1 aliphatic heterocycles. The number of hydrogen-bond donors (Lipinski definition) is 0. The van der Waals surface area contributed by atoms with Crippen LogP contribution in [0.5, 0.6) is 0 Å². The van der Waals surface area contributed by atoms with Crippen molar-refractivity contribution >= 4 is 27.4 Å². The first-order chi connectivity index (χ1) is 13.9. The van der Waals surface area contributed by atoms with Gasteiger partial charge in [-0.1, -0.05) is 32.1 Å². The molecule has 4 heterocycles. The first kappa shape index (κ1) is 19.3. The van der Waals surface area contributed by atoms with Gasteiger partial charge in [0.1, 0.15) is 16.3 Å². The Bertz CT molecular complexity index is 926. The Morgan fingerprint density at radius 2 is 1.83 bits per heavy atom. The Balaban J connectivity index is 0.00000205. The summed E-state index contributed by atoms with van der Waals surface area (Å²) in [7, 11) is 0. The summed E-state index contributed by atoms with van der Waals surface area (Å²) in [5.74, 6) is 1.68. The third-order valence-corrected chi connectivity index (χ3v) is 7.16. The fourth-order valence-electron chi connectivity index (χ4n) is 4.44. The minimum Gasteiger partial charge on any atom is -0.389 e. The summed E-state index contributed by atoms with van der Waals surface area (Å²) in [6.07, 6.45) is 16.8. The fraction of sp³-hybridized carbons (Fsp3) is 0.478. The van der Waals surface area contributed by atoms with E-state index in [0.717, 1.165) is 41.4 Å². The predicted molar refractivity (Wildman–Crippen MR) is 117 cm³/mol. The quantitative estimate of drug-likeness (QED) is 0.325. The molecule has 0 amide bonds. The van der Waals surface area contributed by atoms with E-state index in [0.29, 0.717) is 5.92 Å². The van der Waals surface area contributed by atoms with Crippen LogP contribution in [0.15, 0.2) is 30.6 Å². The molecule has 1 aliphatic carbocycles. The van der Waals surface area contributed by atoms with Crippen LogP contribution in [0.1, 0.15) is 63.0 Å². The molecule has 6 heteroatoms. The van der Waals surface area contributed by atoms with Crippen LogP contribution in [0.2, 0.25) is 0 Å². The second kappa shape index (κ2) is 8.56. The molecule has 0 radical (unpaired) electrons. The van der Waals surface area contributed by atoms with E-state index in [-0.39, 0.29) is 0 Å². The second-order valence-corrected chi connectivity index (χ2v) is 9.10. The monoisotopic (exact) mass is 658 g/mol. The van der Waals surface area contributed by atoms with Crippen molar-refractivity contribution in [2.75, 3.05) is 18.0 Å². The van der Waals surface area contributed by atoms with Gasteiger partial charge in [-0.3, -0.25) is 4.98 Å². The van der Waals surface area contributed by atoms with Crippen LogP contribution in [-0.2, 0) is 0 Å². The largest absolute Gasteiger partial charge is 0.389 e. The van der Waals surface area contributed by atoms with Crippen LogP contribution >= 0.6 is 11.3 Å². The molecule has 2 fully saturated rings. The van der Waals surface area contributed by atoms with Crippen molar-refractivity contribution in [1.82, 2.24) is 15.0 Å². The Kier molecular flexibility index (Phi) is 5.70. The standard InChI is InChI=1S/C23H27N4S.Rf/c1-2-4-8-17(9-5-3-1)19-14-21-20(16-24-19)26-23(28-21)18-10-11-22(25-15-18)27-12-6-7-13-27;/h6,10-11,14-17H,1-5,7-9,12-13H2;/q-1;. The van der Waals surface area contributed by atoms with E-state index < -0.39 is 0 Å². The zero-order valence-corrected chi connectivity index (χ0v) is 24.2. The molecule has 5 rings (SSSR count). The van der Waals surface area contributed by atoms with Gasteiger partial charge in [0.25, 0.3) is 0 Å². The van der Waals surface area contributed by atoms with Crippen LogP contribution in [0, 0.1) is 6.42 Å². The van der Waals surface area contributed by atoms with Crippen molar-refractivity contribution in [2.45, 2.75) is 57.3 Å². The summed E-state index contributed by atoms with van der Waals surface area (Å²) in [6.45, 7) is 2.08. The molecule has 1 saturated heterocycles. The van der Waals surface area contributed by atoms with E-state index in [4.69, 9.17) is 9.97 Å². The summed E-state index contributed by atoms with van der Waals surface area (Å²) >= 11 is 1.77. The molecule has 0 atom stereocenters. The summed E-state index contributed by atoms with van der Waals surface area (Å²) in [5, 5.41) is 1.04. The Labute approximate surface area is 171 Å². The van der Waals surface area contributed by atoms with Crippen LogP contribution < -0.4 is 4.90 Å². The van der Waals surface area contributed by atoms with Crippen molar-refractivity contribution in [1.29, 1.82) is 0 Å². The van der Waals surface area contributed by atoms with E-state index in [1.54, 1.807) is 11.3 Å². The van der Waals surface area contributed by atoms with Crippen LogP contribution in [-0.4, -0.2) is 28.0 Å². The molecular weight excluding hydrogens is 631 g/mol. The zero-order chi connectivity index (χ0) is 18.8. The Morgan fingerprint density at radius 1 is 1.00 bits per heavy atom. The molecule has 3 aromatic heterocycles. The van der Waals surface area contributed by atoms with Crippen LogP contribution in [0.3, 0.4) is 0 Å². The van der Waals surface area contributed by atoms with Crippen molar-refractivity contribution in [3.8, 4) is 10.6 Å². The van der Waals surface area contributed by atoms with Gasteiger partial charge >= 0.3 is 0 Å². The van der Waals surface area contributed by atoms with E-state index >= 15 is 0 Å². The van der Waals surface area contributed by atoms with Gasteiger partial charge in [-0.05, 0) is 37.6 Å². The van der Waals surface area contributed by atoms with Crippen LogP contribution in [0.4, 0.5) is 5.82 Å². The predicted octanol–water partition coefficient (Wildman–Crippen LogP) is 6.00. The number of nitrogens with zero attached hydrogens (tertiary/aromatic N) is 4. The first-order valence-electron chi connectivity index (χ1n) is 10.7. The zero-order valence-electron chi connectivity index (χ0n) is 17.0. The Hall–Kier alpha value is -3.01. The summed E-state index contributed by atoms with van der Waals surface area (Å²) < 4.78 is 1.25. The number of fused-ring (bicyclic) bond motifs is 1. The van der Waals surface area contributed by atoms with Gasteiger partial charge in [0.15, 0.2) is 0 Å². The molecule has 148 valence electrons. The number of aromatic nitrogens is 3. The van der Waals surface area contributed by atoms with Gasteiger partial charge < -0.3 is 11.3 Å². The average molecular weight is 659 g/mol. The molecule has 1 saturated carbocycles. The normalized spacial score (nSPS) is 18.4. The van der Waals surface area contributed by atoms with Gasteiger partial charge in [-0.15, -0.1) is 17.9 Å². The molecule has 0 bridgehead atoms. The Morgan fingerprint density at radius 3 is 2.55 bits per heavy atom. The van der Waals surface area contributed by atoms with E-state index in [9.17, 15) is 0 Å². The summed E-state index contributed by atoms with van der Waals surface area (Å²) in [5.41, 5.74) is 3.37. The molecule has 0 unspecified atom stereocenters. The molecule has 0 aromatic carbocycles. The maximum atomic E-state index is 4.83. The molecule has 0 N–H and O–H groups in total. The van der Waals surface area contributed by atoms with E-state index in [2.05, 4.69) is 34.5 Å². The summed E-state index contributed by atoms with van der Waals surface area (Å²) in [4.78, 5) is 16.6. The van der Waals surface area contributed by atoms with Crippen molar-refractivity contribution in [3.05, 3.63) is 42.7 Å². The van der Waals surface area contributed by atoms with Gasteiger partial charge in [0.05, 0.1) is 10.9 Å². The first-order valence-corrected chi connectivity index (χ1v) is 11.5. The van der Waals surface area contributed by atoms with Gasteiger partial charge in [0.2, 0.25) is 0 Å². The molecular formula is C23H27N4RfS-. The smallest absolute Gasteiger partial charge is 0.126 e. The minimum absolute atomic E-state index is 0.